The Hall–Kier alpha value is -3.33. The normalized spacial score (nSPS) is 35.7. The van der Waals surface area contributed by atoms with Crippen LogP contribution in [0.4, 0.5) is 0 Å². The largest absolute Gasteiger partial charge is 0.458 e. The van der Waals surface area contributed by atoms with Gasteiger partial charge in [-0.1, -0.05) is 62.4 Å². The highest BCUT2D eigenvalue weighted by Gasteiger charge is 2.68. The summed E-state index contributed by atoms with van der Waals surface area (Å²) in [4.78, 5) is 40.9. The van der Waals surface area contributed by atoms with Crippen LogP contribution in [0.3, 0.4) is 0 Å². The van der Waals surface area contributed by atoms with Gasteiger partial charge in [-0.2, -0.15) is 0 Å². The van der Waals surface area contributed by atoms with Gasteiger partial charge in [0.15, 0.2) is 5.78 Å². The number of esters is 2. The van der Waals surface area contributed by atoms with E-state index in [4.69, 9.17) is 14.2 Å². The molecule has 0 radical (unpaired) electrons. The van der Waals surface area contributed by atoms with Crippen molar-refractivity contribution in [1.29, 1.82) is 0 Å². The molecule has 2 aromatic carbocycles. The van der Waals surface area contributed by atoms with Crippen LogP contribution < -0.4 is 0 Å². The van der Waals surface area contributed by atoms with E-state index in [0.717, 1.165) is 5.56 Å². The van der Waals surface area contributed by atoms with Gasteiger partial charge in [0.1, 0.15) is 18.3 Å². The SMILES string of the molecule is CC1=C2C(O)C(=O)C3(C)C(OC(=O)c4ccccc4)CC4OCC4C3C[C@](O)(C[C@@H]1OC(=O)CCc1ccccc1)C2(C)C. The van der Waals surface area contributed by atoms with Crippen LogP contribution in [0.1, 0.15) is 69.3 Å². The minimum absolute atomic E-state index is 0.0527. The second-order valence-corrected chi connectivity index (χ2v) is 13.8. The zero-order valence-electron chi connectivity index (χ0n) is 25.8. The molecular weight excluding hydrogens is 560 g/mol. The number of benzene rings is 2. The number of carbonyl (C=O) groups is 3. The fraction of sp³-hybridized carbons (Fsp3) is 0.528. The molecule has 6 unspecified atom stereocenters. The van der Waals surface area contributed by atoms with E-state index in [-0.39, 0.29) is 31.3 Å². The summed E-state index contributed by atoms with van der Waals surface area (Å²) in [6.45, 7) is 7.66. The Kier molecular flexibility index (Phi) is 7.83. The summed E-state index contributed by atoms with van der Waals surface area (Å²) >= 11 is 0. The summed E-state index contributed by atoms with van der Waals surface area (Å²) in [6, 6.07) is 18.3. The smallest absolute Gasteiger partial charge is 0.338 e. The molecule has 0 spiro atoms. The predicted octanol–water partition coefficient (Wildman–Crippen LogP) is 4.61. The Labute approximate surface area is 258 Å². The molecule has 234 valence electrons. The first-order valence-corrected chi connectivity index (χ1v) is 15.6. The van der Waals surface area contributed by atoms with Crippen molar-refractivity contribution in [3.05, 3.63) is 82.9 Å². The second kappa shape index (κ2) is 11.2. The summed E-state index contributed by atoms with van der Waals surface area (Å²) in [5, 5.41) is 24.5. The molecule has 0 amide bonds. The minimum atomic E-state index is -1.58. The summed E-state index contributed by atoms with van der Waals surface area (Å²) < 4.78 is 17.9. The molecule has 2 aromatic rings. The van der Waals surface area contributed by atoms with Gasteiger partial charge in [-0.05, 0) is 61.4 Å². The van der Waals surface area contributed by atoms with Crippen LogP contribution in [0.25, 0.3) is 0 Å². The van der Waals surface area contributed by atoms with E-state index in [9.17, 15) is 24.6 Å². The molecule has 4 aliphatic rings. The Morgan fingerprint density at radius 3 is 2.27 bits per heavy atom. The molecule has 2 saturated carbocycles. The van der Waals surface area contributed by atoms with Crippen LogP contribution in [-0.2, 0) is 30.2 Å². The lowest BCUT2D eigenvalue weighted by Crippen LogP contribution is -2.69. The third kappa shape index (κ3) is 4.91. The number of hydrogen-bond donors (Lipinski definition) is 2. The maximum Gasteiger partial charge on any atom is 0.338 e. The highest BCUT2D eigenvalue weighted by Crippen LogP contribution is 2.61. The van der Waals surface area contributed by atoms with Crippen molar-refractivity contribution in [2.75, 3.05) is 6.61 Å². The molecule has 3 fully saturated rings. The quantitative estimate of drug-likeness (QED) is 0.364. The molecule has 0 aromatic heterocycles. The lowest BCUT2D eigenvalue weighted by atomic mass is 9.47. The third-order valence-corrected chi connectivity index (χ3v) is 11.3. The van der Waals surface area contributed by atoms with E-state index >= 15 is 0 Å². The lowest BCUT2D eigenvalue weighted by molar-refractivity contribution is -0.243. The summed E-state index contributed by atoms with van der Waals surface area (Å²) in [5.41, 5.74) is -1.35. The van der Waals surface area contributed by atoms with E-state index in [2.05, 4.69) is 0 Å². The number of fused-ring (bicyclic) bond motifs is 5. The molecule has 6 rings (SSSR count). The zero-order valence-corrected chi connectivity index (χ0v) is 25.8. The van der Waals surface area contributed by atoms with E-state index < -0.39 is 58.4 Å². The highest BCUT2D eigenvalue weighted by molar-refractivity contribution is 5.94. The number of aliphatic hydroxyl groups excluding tert-OH is 1. The molecule has 3 aliphatic carbocycles. The van der Waals surface area contributed by atoms with Crippen LogP contribution in [0.15, 0.2) is 71.8 Å². The molecule has 1 saturated heterocycles. The predicted molar refractivity (Wildman–Crippen MR) is 161 cm³/mol. The summed E-state index contributed by atoms with van der Waals surface area (Å²) in [7, 11) is 0. The molecule has 2 N–H and O–H groups in total. The molecular formula is C36H42O8. The molecule has 44 heavy (non-hydrogen) atoms. The van der Waals surface area contributed by atoms with Gasteiger partial charge >= 0.3 is 11.9 Å². The van der Waals surface area contributed by atoms with Crippen molar-refractivity contribution >= 4 is 17.7 Å². The molecule has 8 heteroatoms. The number of aryl methyl sites for hydroxylation is 1. The first-order valence-electron chi connectivity index (χ1n) is 15.6. The Balaban J connectivity index is 1.34. The van der Waals surface area contributed by atoms with Gasteiger partial charge in [0.2, 0.25) is 0 Å². The number of rotatable bonds is 6. The lowest BCUT2D eigenvalue weighted by Gasteiger charge is -2.62. The first-order chi connectivity index (χ1) is 20.9. The van der Waals surface area contributed by atoms with Gasteiger partial charge in [0.05, 0.1) is 29.3 Å². The van der Waals surface area contributed by atoms with Crippen molar-refractivity contribution in [3.8, 4) is 0 Å². The topological polar surface area (TPSA) is 119 Å². The van der Waals surface area contributed by atoms with Crippen LogP contribution in [0, 0.1) is 22.7 Å². The fourth-order valence-corrected chi connectivity index (χ4v) is 8.30. The van der Waals surface area contributed by atoms with Crippen molar-refractivity contribution in [3.63, 3.8) is 0 Å². The number of carbonyl (C=O) groups excluding carboxylic acids is 3. The van der Waals surface area contributed by atoms with Crippen molar-refractivity contribution in [1.82, 2.24) is 0 Å². The highest BCUT2D eigenvalue weighted by atomic mass is 16.6. The average molecular weight is 603 g/mol. The second-order valence-electron chi connectivity index (χ2n) is 13.8. The summed E-state index contributed by atoms with van der Waals surface area (Å²) in [5.74, 6) is -1.89. The van der Waals surface area contributed by atoms with E-state index in [1.165, 1.54) is 0 Å². The van der Waals surface area contributed by atoms with Gasteiger partial charge in [-0.15, -0.1) is 0 Å². The Morgan fingerprint density at radius 2 is 1.64 bits per heavy atom. The van der Waals surface area contributed by atoms with Gasteiger partial charge in [-0.3, -0.25) is 9.59 Å². The monoisotopic (exact) mass is 602 g/mol. The van der Waals surface area contributed by atoms with Gasteiger partial charge in [0, 0.05) is 30.6 Å². The first kappa shape index (κ1) is 30.7. The van der Waals surface area contributed by atoms with Crippen molar-refractivity contribution < 1.29 is 38.8 Å². The number of ether oxygens (including phenoxy) is 3. The number of ketones is 1. The van der Waals surface area contributed by atoms with Crippen molar-refractivity contribution in [2.45, 2.75) is 89.8 Å². The van der Waals surface area contributed by atoms with Crippen LogP contribution in [0.2, 0.25) is 0 Å². The number of Topliss-reactive ketones (excluding diaryl/α,β-unsaturated/α-hetero) is 1. The van der Waals surface area contributed by atoms with E-state index in [1.807, 2.05) is 44.2 Å². The molecule has 1 aliphatic heterocycles. The maximum absolute atomic E-state index is 14.6. The average Bonchev–Trinajstić information content (AvgIpc) is 2.99. The van der Waals surface area contributed by atoms with E-state index in [0.29, 0.717) is 36.2 Å². The van der Waals surface area contributed by atoms with Crippen molar-refractivity contribution in [2.24, 2.45) is 22.7 Å². The Morgan fingerprint density at radius 1 is 0.977 bits per heavy atom. The third-order valence-electron chi connectivity index (χ3n) is 11.3. The number of hydrogen-bond acceptors (Lipinski definition) is 8. The molecule has 1 heterocycles. The molecule has 2 bridgehead atoms. The standard InChI is InChI=1S/C36H42O8/c1-21-27(43-29(37)16-15-22-11-7-5-8-12-22)19-36(41)18-25-24-20-42-26(24)17-28(44-33(40)23-13-9-6-10-14-23)35(25,4)32(39)31(38)30(21)34(36,2)3/h5-14,24-28,31,38,41H,15-20H2,1-4H3/t24?,25?,26?,27-,28?,31?,35?,36-/m0/s1. The van der Waals surface area contributed by atoms with Gasteiger partial charge in [-0.25, -0.2) is 4.79 Å². The van der Waals surface area contributed by atoms with Crippen LogP contribution in [0.5, 0.6) is 0 Å². The molecule has 8 atom stereocenters. The van der Waals surface area contributed by atoms with Gasteiger partial charge in [0.25, 0.3) is 0 Å². The van der Waals surface area contributed by atoms with Crippen LogP contribution in [-0.4, -0.2) is 64.6 Å². The van der Waals surface area contributed by atoms with Gasteiger partial charge < -0.3 is 24.4 Å². The minimum Gasteiger partial charge on any atom is -0.458 e. The summed E-state index contributed by atoms with van der Waals surface area (Å²) in [6.07, 6.45) is -2.11. The zero-order chi connectivity index (χ0) is 31.4. The Bertz CT molecular complexity index is 1470. The maximum atomic E-state index is 14.6. The van der Waals surface area contributed by atoms with Crippen LogP contribution >= 0.6 is 0 Å². The number of aliphatic hydroxyl groups is 2. The fourth-order valence-electron chi connectivity index (χ4n) is 8.30. The molecule has 8 nitrogen and oxygen atoms in total. The van der Waals surface area contributed by atoms with E-state index in [1.54, 1.807) is 44.2 Å².